The second kappa shape index (κ2) is 9.06. The molecule has 3 nitrogen and oxygen atoms in total. The van der Waals surface area contributed by atoms with E-state index < -0.39 is 8.32 Å². The molecule has 1 aliphatic heterocycles. The van der Waals surface area contributed by atoms with Gasteiger partial charge in [0.2, 0.25) is 0 Å². The molecule has 1 atom stereocenters. The van der Waals surface area contributed by atoms with Gasteiger partial charge in [-0.3, -0.25) is 0 Å². The molecule has 1 saturated carbocycles. The maximum atomic E-state index is 7.10. The van der Waals surface area contributed by atoms with Crippen molar-refractivity contribution < 1.29 is 13.9 Å². The quantitative estimate of drug-likeness (QED) is 0.518. The topological polar surface area (TPSA) is 27.7 Å². The van der Waals surface area contributed by atoms with Crippen LogP contribution in [0, 0.1) is 0 Å². The lowest BCUT2D eigenvalue weighted by atomic mass is 9.94. The van der Waals surface area contributed by atoms with Crippen molar-refractivity contribution in [3.63, 3.8) is 0 Å². The van der Waals surface area contributed by atoms with E-state index >= 15 is 0 Å². The molecular weight excluding hydrogens is 412 g/mol. The molecule has 1 saturated heterocycles. The van der Waals surface area contributed by atoms with Crippen molar-refractivity contribution in [2.45, 2.75) is 95.7 Å². The molecule has 174 valence electrons. The van der Waals surface area contributed by atoms with E-state index in [9.17, 15) is 0 Å². The minimum absolute atomic E-state index is 0.0111. The van der Waals surface area contributed by atoms with Gasteiger partial charge in [-0.05, 0) is 48.5 Å². The predicted molar refractivity (Wildman–Crippen MR) is 134 cm³/mol. The van der Waals surface area contributed by atoms with Crippen molar-refractivity contribution >= 4 is 18.7 Å². The molecule has 1 aliphatic carbocycles. The Morgan fingerprint density at radius 3 is 1.91 bits per heavy atom. The van der Waals surface area contributed by atoms with E-state index in [2.05, 4.69) is 95.3 Å². The van der Waals surface area contributed by atoms with Crippen molar-refractivity contribution in [2.75, 3.05) is 6.61 Å². The molecule has 2 aliphatic rings. The molecule has 0 amide bonds. The molecule has 0 radical (unpaired) electrons. The van der Waals surface area contributed by atoms with Gasteiger partial charge in [0, 0.05) is 19.4 Å². The fraction of sp³-hybridized carbons (Fsp3) is 0.571. The highest BCUT2D eigenvalue weighted by molar-refractivity contribution is 6.99. The first-order chi connectivity index (χ1) is 15.2. The van der Waals surface area contributed by atoms with Crippen molar-refractivity contribution in [1.82, 2.24) is 0 Å². The van der Waals surface area contributed by atoms with Gasteiger partial charge in [-0.1, -0.05) is 87.9 Å². The van der Waals surface area contributed by atoms with Gasteiger partial charge in [0.1, 0.15) is 0 Å². The molecule has 0 bridgehead atoms. The Kier molecular flexibility index (Phi) is 6.70. The van der Waals surface area contributed by atoms with Crippen molar-refractivity contribution in [1.29, 1.82) is 0 Å². The van der Waals surface area contributed by atoms with Crippen LogP contribution < -0.4 is 10.4 Å². The average Bonchev–Trinajstić information content (AvgIpc) is 3.01. The van der Waals surface area contributed by atoms with Crippen LogP contribution in [-0.4, -0.2) is 32.4 Å². The second-order valence-corrected chi connectivity index (χ2v) is 15.4. The van der Waals surface area contributed by atoms with E-state index in [1.807, 2.05) is 0 Å². The number of ether oxygens (including phenoxy) is 2. The second-order valence-electron chi connectivity index (χ2n) is 11.1. The lowest BCUT2D eigenvalue weighted by molar-refractivity contribution is -0.203. The fourth-order valence-electron chi connectivity index (χ4n) is 5.77. The normalized spacial score (nSPS) is 22.8. The van der Waals surface area contributed by atoms with Gasteiger partial charge in [0.05, 0.1) is 11.7 Å². The molecule has 0 unspecified atom stereocenters. The van der Waals surface area contributed by atoms with Crippen LogP contribution in [0.5, 0.6) is 0 Å². The van der Waals surface area contributed by atoms with E-state index in [-0.39, 0.29) is 22.5 Å². The lowest BCUT2D eigenvalue weighted by Crippen LogP contribution is -2.66. The predicted octanol–water partition coefficient (Wildman–Crippen LogP) is 5.81. The van der Waals surface area contributed by atoms with Crippen LogP contribution in [0.4, 0.5) is 0 Å². The summed E-state index contributed by atoms with van der Waals surface area (Å²) < 4.78 is 20.3. The molecule has 1 heterocycles. The maximum Gasteiger partial charge on any atom is 0.261 e. The first-order valence-corrected chi connectivity index (χ1v) is 14.2. The van der Waals surface area contributed by atoms with Crippen molar-refractivity contribution in [2.24, 2.45) is 0 Å². The molecular formula is C28H40O3Si. The van der Waals surface area contributed by atoms with Gasteiger partial charge < -0.3 is 13.9 Å². The Balaban J connectivity index is 1.59. The molecule has 32 heavy (non-hydrogen) atoms. The molecule has 1 spiro atoms. The standard InChI is InChI=1S/C28H40O3Si/c1-26(2,3)32(23-15-9-6-10-16-23,24-17-11-7-12-18-24)29-22-19-25-27(4,5)31-28(30-25)20-13-8-14-21-28/h6-7,9-12,15-18,25H,8,13-14,19-22H2,1-5H3/t25-/m1/s1. The van der Waals surface area contributed by atoms with E-state index in [1.165, 1.54) is 29.6 Å². The average molecular weight is 453 g/mol. The van der Waals surface area contributed by atoms with Gasteiger partial charge in [-0.2, -0.15) is 0 Å². The lowest BCUT2D eigenvalue weighted by Gasteiger charge is -2.43. The van der Waals surface area contributed by atoms with Crippen LogP contribution in [0.25, 0.3) is 0 Å². The van der Waals surface area contributed by atoms with Crippen LogP contribution in [0.2, 0.25) is 5.04 Å². The van der Waals surface area contributed by atoms with Crippen molar-refractivity contribution in [3.05, 3.63) is 60.7 Å². The van der Waals surface area contributed by atoms with Crippen LogP contribution in [-0.2, 0) is 13.9 Å². The highest BCUT2D eigenvalue weighted by Crippen LogP contribution is 2.46. The summed E-state index contributed by atoms with van der Waals surface area (Å²) in [5.41, 5.74) is -0.286. The SMILES string of the molecule is CC1(C)OC2(CCCCC2)O[C@@H]1CCO[Si](c1ccccc1)(c1ccccc1)C(C)(C)C. The molecule has 0 N–H and O–H groups in total. The Morgan fingerprint density at radius 2 is 1.41 bits per heavy atom. The first kappa shape index (κ1) is 23.7. The highest BCUT2D eigenvalue weighted by atomic mass is 28.4. The summed E-state index contributed by atoms with van der Waals surface area (Å²) in [4.78, 5) is 0. The summed E-state index contributed by atoms with van der Waals surface area (Å²) in [6.45, 7) is 12.0. The minimum atomic E-state index is -2.51. The number of hydrogen-bond donors (Lipinski definition) is 0. The molecule has 4 heteroatoms. The highest BCUT2D eigenvalue weighted by Gasteiger charge is 2.53. The van der Waals surface area contributed by atoms with E-state index in [0.29, 0.717) is 6.61 Å². The van der Waals surface area contributed by atoms with Crippen LogP contribution in [0.1, 0.15) is 73.1 Å². The van der Waals surface area contributed by atoms with Crippen LogP contribution >= 0.6 is 0 Å². The third-order valence-electron chi connectivity index (χ3n) is 7.31. The zero-order valence-corrected chi connectivity index (χ0v) is 21.5. The molecule has 2 fully saturated rings. The van der Waals surface area contributed by atoms with E-state index in [1.54, 1.807) is 0 Å². The zero-order valence-electron chi connectivity index (χ0n) is 20.5. The van der Waals surface area contributed by atoms with E-state index in [4.69, 9.17) is 13.9 Å². The van der Waals surface area contributed by atoms with Gasteiger partial charge in [0.25, 0.3) is 8.32 Å². The summed E-state index contributed by atoms with van der Waals surface area (Å²) in [7, 11) is -2.51. The Labute approximate surface area is 195 Å². The Bertz CT molecular complexity index is 827. The smallest absolute Gasteiger partial charge is 0.261 e. The van der Waals surface area contributed by atoms with Crippen LogP contribution in [0.15, 0.2) is 60.7 Å². The minimum Gasteiger partial charge on any atom is -0.407 e. The summed E-state index contributed by atoms with van der Waals surface area (Å²) in [5.74, 6) is -0.371. The molecule has 2 aromatic rings. The third-order valence-corrected chi connectivity index (χ3v) is 12.4. The maximum absolute atomic E-state index is 7.10. The Morgan fingerprint density at radius 1 is 0.875 bits per heavy atom. The zero-order chi connectivity index (χ0) is 22.9. The largest absolute Gasteiger partial charge is 0.407 e. The summed E-state index contributed by atoms with van der Waals surface area (Å²) in [6.07, 6.45) is 6.61. The summed E-state index contributed by atoms with van der Waals surface area (Å²) in [5, 5.41) is 2.64. The fourth-order valence-corrected chi connectivity index (χ4v) is 10.3. The van der Waals surface area contributed by atoms with E-state index in [0.717, 1.165) is 19.3 Å². The first-order valence-electron chi connectivity index (χ1n) is 12.3. The van der Waals surface area contributed by atoms with Gasteiger partial charge in [-0.15, -0.1) is 0 Å². The van der Waals surface area contributed by atoms with Gasteiger partial charge in [-0.25, -0.2) is 0 Å². The monoisotopic (exact) mass is 452 g/mol. The third kappa shape index (κ3) is 4.48. The van der Waals surface area contributed by atoms with Gasteiger partial charge >= 0.3 is 0 Å². The van der Waals surface area contributed by atoms with Gasteiger partial charge in [0.15, 0.2) is 5.79 Å². The molecule has 4 rings (SSSR count). The molecule has 0 aromatic heterocycles. The summed E-state index contributed by atoms with van der Waals surface area (Å²) in [6, 6.07) is 21.7. The van der Waals surface area contributed by atoms with Crippen molar-refractivity contribution in [3.8, 4) is 0 Å². The van der Waals surface area contributed by atoms with Crippen LogP contribution in [0.3, 0.4) is 0 Å². The molecule has 2 aromatic carbocycles. The number of benzene rings is 2. The number of hydrogen-bond acceptors (Lipinski definition) is 3. The Hall–Kier alpha value is -1.46. The number of rotatable bonds is 6. The summed E-state index contributed by atoms with van der Waals surface area (Å²) >= 11 is 0.